The molecular formula is C14H21N5S. The highest BCUT2D eigenvalue weighted by Crippen LogP contribution is 2.33. The topological polar surface area (TPSA) is 55.6 Å². The molecule has 0 saturated carbocycles. The number of aryl methyl sites for hydroxylation is 1. The van der Waals surface area contributed by atoms with Gasteiger partial charge in [-0.25, -0.2) is 0 Å². The van der Waals surface area contributed by atoms with Crippen LogP contribution in [0.2, 0.25) is 0 Å². The second kappa shape index (κ2) is 5.52. The lowest BCUT2D eigenvalue weighted by atomic mass is 9.93. The molecule has 6 heteroatoms. The zero-order chi connectivity index (χ0) is 14.1. The second-order valence-corrected chi connectivity index (χ2v) is 6.92. The lowest BCUT2D eigenvalue weighted by Gasteiger charge is -2.23. The Hall–Kier alpha value is -1.43. The highest BCUT2D eigenvalue weighted by molar-refractivity contribution is 7.15. The van der Waals surface area contributed by atoms with Gasteiger partial charge in [-0.3, -0.25) is 4.68 Å². The molecule has 1 unspecified atom stereocenters. The maximum atomic E-state index is 4.38. The van der Waals surface area contributed by atoms with Gasteiger partial charge in [0.05, 0.1) is 12.2 Å². The second-order valence-electron chi connectivity index (χ2n) is 5.86. The number of anilines is 1. The van der Waals surface area contributed by atoms with Crippen molar-refractivity contribution in [3.8, 4) is 0 Å². The van der Waals surface area contributed by atoms with E-state index in [2.05, 4.69) is 34.5 Å². The Labute approximate surface area is 123 Å². The minimum atomic E-state index is 0.326. The van der Waals surface area contributed by atoms with Crippen LogP contribution in [-0.2, 0) is 19.9 Å². The monoisotopic (exact) mass is 291 g/mol. The smallest absolute Gasteiger partial charge is 0.206 e. The van der Waals surface area contributed by atoms with Gasteiger partial charge in [-0.15, -0.1) is 10.2 Å². The van der Waals surface area contributed by atoms with Gasteiger partial charge in [-0.05, 0) is 25.2 Å². The van der Waals surface area contributed by atoms with Gasteiger partial charge in [0.2, 0.25) is 5.13 Å². The summed E-state index contributed by atoms with van der Waals surface area (Å²) in [7, 11) is 2.02. The van der Waals surface area contributed by atoms with E-state index < -0.39 is 0 Å². The van der Waals surface area contributed by atoms with E-state index in [0.29, 0.717) is 12.0 Å². The SMILES string of the molecule is CC(C)Cc1nnc(NC2CCCc3c2cnn3C)s1. The number of hydrogen-bond donors (Lipinski definition) is 1. The van der Waals surface area contributed by atoms with Gasteiger partial charge in [0.25, 0.3) is 0 Å². The standard InChI is InChI=1S/C14H21N5S/c1-9(2)7-13-17-18-14(20-13)16-11-5-4-6-12-10(11)8-15-19(12)3/h8-9,11H,4-7H2,1-3H3,(H,16,18). The van der Waals surface area contributed by atoms with E-state index in [9.17, 15) is 0 Å². The molecule has 0 bridgehead atoms. The van der Waals surface area contributed by atoms with Gasteiger partial charge in [-0.1, -0.05) is 25.2 Å². The first-order valence-corrected chi connectivity index (χ1v) is 8.05. The normalized spacial score (nSPS) is 18.3. The van der Waals surface area contributed by atoms with Crippen LogP contribution >= 0.6 is 11.3 Å². The third-order valence-corrected chi connectivity index (χ3v) is 4.60. The first-order valence-electron chi connectivity index (χ1n) is 7.23. The molecule has 1 N–H and O–H groups in total. The van der Waals surface area contributed by atoms with E-state index in [1.807, 2.05) is 17.9 Å². The molecule has 5 nitrogen and oxygen atoms in total. The van der Waals surface area contributed by atoms with Crippen molar-refractivity contribution in [3.05, 3.63) is 22.5 Å². The molecule has 0 spiro atoms. The van der Waals surface area contributed by atoms with Gasteiger partial charge in [0.15, 0.2) is 0 Å². The molecule has 0 radical (unpaired) electrons. The molecule has 20 heavy (non-hydrogen) atoms. The van der Waals surface area contributed by atoms with E-state index in [-0.39, 0.29) is 0 Å². The highest BCUT2D eigenvalue weighted by Gasteiger charge is 2.24. The molecular weight excluding hydrogens is 270 g/mol. The number of fused-ring (bicyclic) bond motifs is 1. The van der Waals surface area contributed by atoms with Crippen molar-refractivity contribution in [2.75, 3.05) is 5.32 Å². The third-order valence-electron chi connectivity index (χ3n) is 3.72. The van der Waals surface area contributed by atoms with Crippen LogP contribution in [0.3, 0.4) is 0 Å². The van der Waals surface area contributed by atoms with E-state index in [1.54, 1.807) is 11.3 Å². The maximum Gasteiger partial charge on any atom is 0.206 e. The Morgan fingerprint density at radius 3 is 3.10 bits per heavy atom. The Morgan fingerprint density at radius 1 is 1.45 bits per heavy atom. The summed E-state index contributed by atoms with van der Waals surface area (Å²) in [5, 5.41) is 18.5. The zero-order valence-electron chi connectivity index (χ0n) is 12.3. The zero-order valence-corrected chi connectivity index (χ0v) is 13.1. The van der Waals surface area contributed by atoms with Gasteiger partial charge >= 0.3 is 0 Å². The Morgan fingerprint density at radius 2 is 2.30 bits per heavy atom. The molecule has 2 heterocycles. The number of hydrogen-bond acceptors (Lipinski definition) is 5. The summed E-state index contributed by atoms with van der Waals surface area (Å²) in [6.45, 7) is 4.41. The molecule has 0 amide bonds. The van der Waals surface area contributed by atoms with E-state index in [0.717, 1.165) is 29.4 Å². The number of nitrogens with zero attached hydrogens (tertiary/aromatic N) is 4. The van der Waals surface area contributed by atoms with Crippen LogP contribution in [0.1, 0.15) is 49.0 Å². The summed E-state index contributed by atoms with van der Waals surface area (Å²) in [5.74, 6) is 0.621. The molecule has 1 atom stereocenters. The van der Waals surface area contributed by atoms with Gasteiger partial charge in [-0.2, -0.15) is 5.10 Å². The minimum Gasteiger partial charge on any atom is -0.353 e. The predicted molar refractivity (Wildman–Crippen MR) is 81.0 cm³/mol. The first kappa shape index (κ1) is 13.5. The summed E-state index contributed by atoms with van der Waals surface area (Å²) in [6, 6.07) is 0.326. The van der Waals surface area contributed by atoms with Crippen molar-refractivity contribution in [3.63, 3.8) is 0 Å². The highest BCUT2D eigenvalue weighted by atomic mass is 32.1. The lowest BCUT2D eigenvalue weighted by Crippen LogP contribution is -2.17. The average Bonchev–Trinajstić information content (AvgIpc) is 2.98. The van der Waals surface area contributed by atoms with Crippen LogP contribution in [0.25, 0.3) is 0 Å². The fourth-order valence-electron chi connectivity index (χ4n) is 2.75. The van der Waals surface area contributed by atoms with Crippen molar-refractivity contribution in [1.29, 1.82) is 0 Å². The van der Waals surface area contributed by atoms with Crippen molar-refractivity contribution in [2.24, 2.45) is 13.0 Å². The molecule has 0 aromatic carbocycles. The summed E-state index contributed by atoms with van der Waals surface area (Å²) < 4.78 is 1.99. The molecule has 1 aliphatic carbocycles. The molecule has 1 aliphatic rings. The first-order chi connectivity index (χ1) is 9.63. The van der Waals surface area contributed by atoms with Crippen molar-refractivity contribution in [1.82, 2.24) is 20.0 Å². The summed E-state index contributed by atoms with van der Waals surface area (Å²) in [4.78, 5) is 0. The van der Waals surface area contributed by atoms with Crippen LogP contribution in [0.5, 0.6) is 0 Å². The quantitative estimate of drug-likeness (QED) is 0.941. The summed E-state index contributed by atoms with van der Waals surface area (Å²) in [5.41, 5.74) is 2.67. The number of aromatic nitrogens is 4. The molecule has 108 valence electrons. The molecule has 0 aliphatic heterocycles. The summed E-state index contributed by atoms with van der Waals surface area (Å²) >= 11 is 1.68. The van der Waals surface area contributed by atoms with Crippen LogP contribution in [-0.4, -0.2) is 20.0 Å². The molecule has 0 saturated heterocycles. The summed E-state index contributed by atoms with van der Waals surface area (Å²) in [6.07, 6.45) is 6.45. The molecule has 3 rings (SSSR count). The van der Waals surface area contributed by atoms with Gasteiger partial charge < -0.3 is 5.32 Å². The third kappa shape index (κ3) is 2.70. The fraction of sp³-hybridized carbons (Fsp3) is 0.643. The van der Waals surface area contributed by atoms with Crippen molar-refractivity contribution < 1.29 is 0 Å². The Kier molecular flexibility index (Phi) is 3.74. The molecule has 2 aromatic rings. The van der Waals surface area contributed by atoms with E-state index in [1.165, 1.54) is 17.7 Å². The predicted octanol–water partition coefficient (Wildman–Crippen LogP) is 2.96. The van der Waals surface area contributed by atoms with Gasteiger partial charge in [0, 0.05) is 24.7 Å². The minimum absolute atomic E-state index is 0.326. The lowest BCUT2D eigenvalue weighted by molar-refractivity contribution is 0.570. The maximum absolute atomic E-state index is 4.38. The van der Waals surface area contributed by atoms with E-state index in [4.69, 9.17) is 0 Å². The molecule has 0 fully saturated rings. The van der Waals surface area contributed by atoms with Gasteiger partial charge in [0.1, 0.15) is 5.01 Å². The Bertz CT molecular complexity index is 586. The molecule has 2 aromatic heterocycles. The number of rotatable bonds is 4. The largest absolute Gasteiger partial charge is 0.353 e. The average molecular weight is 291 g/mol. The van der Waals surface area contributed by atoms with Crippen LogP contribution < -0.4 is 5.32 Å². The van der Waals surface area contributed by atoms with Crippen LogP contribution in [0, 0.1) is 5.92 Å². The van der Waals surface area contributed by atoms with Crippen molar-refractivity contribution in [2.45, 2.75) is 45.6 Å². The van der Waals surface area contributed by atoms with E-state index >= 15 is 0 Å². The Balaban J connectivity index is 1.74. The number of nitrogens with one attached hydrogen (secondary N) is 1. The van der Waals surface area contributed by atoms with Crippen molar-refractivity contribution >= 4 is 16.5 Å². The van der Waals surface area contributed by atoms with Crippen LogP contribution in [0.4, 0.5) is 5.13 Å². The fourth-order valence-corrected chi connectivity index (χ4v) is 3.75. The van der Waals surface area contributed by atoms with Crippen LogP contribution in [0.15, 0.2) is 6.20 Å².